The fourth-order valence-electron chi connectivity index (χ4n) is 3.03. The summed E-state index contributed by atoms with van der Waals surface area (Å²) in [5.74, 6) is 1.17. The first-order valence-corrected chi connectivity index (χ1v) is 8.59. The second-order valence-corrected chi connectivity index (χ2v) is 6.04. The summed E-state index contributed by atoms with van der Waals surface area (Å²) in [6.07, 6.45) is 14.2. The van der Waals surface area contributed by atoms with Crippen LogP contribution in [0.5, 0.6) is 0 Å². The summed E-state index contributed by atoms with van der Waals surface area (Å²) in [4.78, 5) is 0. The summed E-state index contributed by atoms with van der Waals surface area (Å²) in [5, 5.41) is 7.77. The quantitative estimate of drug-likeness (QED) is 0.830. The number of rotatable bonds is 4. The van der Waals surface area contributed by atoms with Crippen LogP contribution in [0.4, 0.5) is 0 Å². The van der Waals surface area contributed by atoms with Gasteiger partial charge in [0.25, 0.3) is 0 Å². The molecule has 3 heteroatoms. The average Bonchev–Trinajstić information content (AvgIpc) is 2.81. The summed E-state index contributed by atoms with van der Waals surface area (Å²) in [6.45, 7) is 4.12. The lowest BCUT2D eigenvalue weighted by atomic mass is 9.98. The first-order chi connectivity index (χ1) is 9.92. The van der Waals surface area contributed by atoms with Crippen LogP contribution in [0.15, 0.2) is 4.52 Å². The Morgan fingerprint density at radius 1 is 0.950 bits per heavy atom. The lowest BCUT2D eigenvalue weighted by molar-refractivity contribution is 0.369. The van der Waals surface area contributed by atoms with Crippen LogP contribution in [0.2, 0.25) is 0 Å². The Morgan fingerprint density at radius 2 is 1.60 bits per heavy atom. The largest absolute Gasteiger partial charge is 0.361 e. The van der Waals surface area contributed by atoms with Crippen LogP contribution in [-0.4, -0.2) is 11.7 Å². The SMILES string of the molecule is CCCNCc1noc2c1CCCCCCCCCC2. The van der Waals surface area contributed by atoms with Crippen LogP contribution >= 0.6 is 0 Å². The van der Waals surface area contributed by atoms with Gasteiger partial charge in [-0.1, -0.05) is 50.6 Å². The zero-order valence-corrected chi connectivity index (χ0v) is 13.0. The highest BCUT2D eigenvalue weighted by Gasteiger charge is 2.15. The molecular weight excluding hydrogens is 248 g/mol. The van der Waals surface area contributed by atoms with E-state index in [0.717, 1.165) is 31.6 Å². The molecule has 114 valence electrons. The van der Waals surface area contributed by atoms with E-state index >= 15 is 0 Å². The van der Waals surface area contributed by atoms with E-state index in [1.807, 2.05) is 0 Å². The zero-order chi connectivity index (χ0) is 14.0. The van der Waals surface area contributed by atoms with Crippen molar-refractivity contribution in [2.24, 2.45) is 0 Å². The number of fused-ring (bicyclic) bond motifs is 1. The van der Waals surface area contributed by atoms with Gasteiger partial charge in [-0.2, -0.15) is 0 Å². The van der Waals surface area contributed by atoms with Crippen LogP contribution in [0, 0.1) is 0 Å². The van der Waals surface area contributed by atoms with Gasteiger partial charge in [0.05, 0.1) is 0 Å². The van der Waals surface area contributed by atoms with E-state index in [4.69, 9.17) is 4.52 Å². The lowest BCUT2D eigenvalue weighted by Crippen LogP contribution is -2.15. The number of nitrogens with zero attached hydrogens (tertiary/aromatic N) is 1. The van der Waals surface area contributed by atoms with Crippen molar-refractivity contribution in [1.29, 1.82) is 0 Å². The average molecular weight is 278 g/mol. The molecule has 1 aromatic heterocycles. The highest BCUT2D eigenvalue weighted by Crippen LogP contribution is 2.22. The molecule has 0 aliphatic heterocycles. The van der Waals surface area contributed by atoms with Crippen molar-refractivity contribution in [3.63, 3.8) is 0 Å². The molecule has 0 saturated carbocycles. The summed E-state index contributed by atoms with van der Waals surface area (Å²) < 4.78 is 5.63. The maximum atomic E-state index is 5.63. The molecule has 1 N–H and O–H groups in total. The molecule has 1 aromatic rings. The minimum absolute atomic E-state index is 0.868. The van der Waals surface area contributed by atoms with Crippen LogP contribution in [-0.2, 0) is 19.4 Å². The first-order valence-electron chi connectivity index (χ1n) is 8.59. The molecule has 0 bridgehead atoms. The maximum Gasteiger partial charge on any atom is 0.140 e. The molecule has 0 aromatic carbocycles. The minimum Gasteiger partial charge on any atom is -0.361 e. The molecule has 0 saturated heterocycles. The van der Waals surface area contributed by atoms with Crippen molar-refractivity contribution in [3.05, 3.63) is 17.0 Å². The Hall–Kier alpha value is -0.830. The van der Waals surface area contributed by atoms with E-state index in [1.165, 1.54) is 69.1 Å². The van der Waals surface area contributed by atoms with E-state index < -0.39 is 0 Å². The minimum atomic E-state index is 0.868. The van der Waals surface area contributed by atoms with E-state index in [9.17, 15) is 0 Å². The van der Waals surface area contributed by atoms with Gasteiger partial charge in [-0.05, 0) is 32.2 Å². The molecule has 0 fully saturated rings. The van der Waals surface area contributed by atoms with Gasteiger partial charge in [-0.25, -0.2) is 0 Å². The molecule has 20 heavy (non-hydrogen) atoms. The van der Waals surface area contributed by atoms with Crippen LogP contribution in [0.1, 0.15) is 81.7 Å². The third-order valence-electron chi connectivity index (χ3n) is 4.25. The Kier molecular flexibility index (Phi) is 7.13. The first kappa shape index (κ1) is 15.6. The molecule has 1 aliphatic rings. The van der Waals surface area contributed by atoms with Gasteiger partial charge < -0.3 is 9.84 Å². The Morgan fingerprint density at radius 3 is 2.30 bits per heavy atom. The molecule has 1 aliphatic carbocycles. The second kappa shape index (κ2) is 9.17. The highest BCUT2D eigenvalue weighted by molar-refractivity contribution is 5.23. The van der Waals surface area contributed by atoms with Crippen LogP contribution in [0.3, 0.4) is 0 Å². The summed E-state index contributed by atoms with van der Waals surface area (Å²) in [5.41, 5.74) is 2.57. The molecule has 0 radical (unpaired) electrons. The third kappa shape index (κ3) is 4.93. The topological polar surface area (TPSA) is 38.1 Å². The molecule has 2 rings (SSSR count). The van der Waals surface area contributed by atoms with Crippen LogP contribution < -0.4 is 5.32 Å². The van der Waals surface area contributed by atoms with E-state index in [1.54, 1.807) is 0 Å². The lowest BCUT2D eigenvalue weighted by Gasteiger charge is -2.08. The summed E-state index contributed by atoms with van der Waals surface area (Å²) in [7, 11) is 0. The highest BCUT2D eigenvalue weighted by atomic mass is 16.5. The Balaban J connectivity index is 1.97. The van der Waals surface area contributed by atoms with Crippen molar-refractivity contribution in [3.8, 4) is 0 Å². The predicted molar refractivity (Wildman–Crippen MR) is 82.8 cm³/mol. The normalized spacial score (nSPS) is 18.1. The number of hydrogen-bond donors (Lipinski definition) is 1. The van der Waals surface area contributed by atoms with Crippen molar-refractivity contribution in [2.75, 3.05) is 6.54 Å². The van der Waals surface area contributed by atoms with Gasteiger partial charge in [-0.3, -0.25) is 0 Å². The standard InChI is InChI=1S/C17H30N2O/c1-2-13-18-14-16-15-11-9-7-5-3-4-6-8-10-12-17(15)20-19-16/h18H,2-14H2,1H3. The number of aromatic nitrogens is 1. The summed E-state index contributed by atoms with van der Waals surface area (Å²) >= 11 is 0. The van der Waals surface area contributed by atoms with Gasteiger partial charge in [0.1, 0.15) is 11.5 Å². The number of nitrogens with one attached hydrogen (secondary N) is 1. The predicted octanol–water partition coefficient (Wildman–Crippen LogP) is 4.39. The second-order valence-electron chi connectivity index (χ2n) is 6.04. The maximum absolute atomic E-state index is 5.63. The molecular formula is C17H30N2O. The van der Waals surface area contributed by atoms with E-state index in [2.05, 4.69) is 17.4 Å². The van der Waals surface area contributed by atoms with Gasteiger partial charge >= 0.3 is 0 Å². The molecule has 0 spiro atoms. The smallest absolute Gasteiger partial charge is 0.140 e. The molecule has 1 heterocycles. The fourth-order valence-corrected chi connectivity index (χ4v) is 3.03. The third-order valence-corrected chi connectivity index (χ3v) is 4.25. The van der Waals surface area contributed by atoms with Gasteiger partial charge in [0.15, 0.2) is 0 Å². The van der Waals surface area contributed by atoms with E-state index in [-0.39, 0.29) is 0 Å². The van der Waals surface area contributed by atoms with Gasteiger partial charge in [0.2, 0.25) is 0 Å². The van der Waals surface area contributed by atoms with Gasteiger partial charge in [-0.15, -0.1) is 0 Å². The Bertz CT molecular complexity index is 360. The van der Waals surface area contributed by atoms with Crippen molar-refractivity contribution in [2.45, 2.75) is 84.1 Å². The summed E-state index contributed by atoms with van der Waals surface area (Å²) in [6, 6.07) is 0. The van der Waals surface area contributed by atoms with E-state index in [0.29, 0.717) is 0 Å². The Labute approximate surface area is 123 Å². The molecule has 3 nitrogen and oxygen atoms in total. The zero-order valence-electron chi connectivity index (χ0n) is 13.0. The number of aryl methyl sites for hydroxylation is 1. The van der Waals surface area contributed by atoms with Gasteiger partial charge in [0, 0.05) is 18.5 Å². The van der Waals surface area contributed by atoms with Crippen molar-refractivity contribution >= 4 is 0 Å². The molecule has 0 atom stereocenters. The number of hydrogen-bond acceptors (Lipinski definition) is 3. The van der Waals surface area contributed by atoms with Crippen molar-refractivity contribution < 1.29 is 4.52 Å². The molecule has 0 unspecified atom stereocenters. The fraction of sp³-hybridized carbons (Fsp3) is 0.824. The monoisotopic (exact) mass is 278 g/mol. The van der Waals surface area contributed by atoms with Crippen molar-refractivity contribution in [1.82, 2.24) is 10.5 Å². The molecule has 0 amide bonds. The van der Waals surface area contributed by atoms with Crippen LogP contribution in [0.25, 0.3) is 0 Å².